The van der Waals surface area contributed by atoms with Crippen LogP contribution in [0.15, 0.2) is 18.2 Å². The number of carbonyl (C=O) groups is 1. The first-order chi connectivity index (χ1) is 9.77. The first-order valence-corrected chi connectivity index (χ1v) is 8.54. The molecule has 1 heterocycles. The zero-order valence-corrected chi connectivity index (χ0v) is 12.6. The Kier molecular flexibility index (Phi) is 4.53. The molecule has 116 valence electrons. The summed E-state index contributed by atoms with van der Waals surface area (Å²) in [5.41, 5.74) is 1.57. The molecule has 1 saturated heterocycles. The van der Waals surface area contributed by atoms with E-state index in [1.54, 1.807) is 23.1 Å². The average molecular weight is 313 g/mol. The lowest BCUT2D eigenvalue weighted by Gasteiger charge is -2.26. The van der Waals surface area contributed by atoms with E-state index >= 15 is 0 Å². The number of phenols is 1. The van der Waals surface area contributed by atoms with E-state index < -0.39 is 15.8 Å². The molecule has 1 fully saturated rings. The third-order valence-electron chi connectivity index (χ3n) is 3.67. The fraction of sp³-hybridized carbons (Fsp3) is 0.500. The van der Waals surface area contributed by atoms with Crippen LogP contribution in [0, 0.1) is 6.92 Å². The standard InChI is InChI=1S/C14H19NO5S/c1-10-2-3-13(16)11(6-10)7-15(8-14(17)18)12-4-5-21(19,20)9-12/h2-3,6,12,16H,4-5,7-9H2,1H3,(H,17,18). The van der Waals surface area contributed by atoms with Crippen molar-refractivity contribution in [1.82, 2.24) is 4.90 Å². The van der Waals surface area contributed by atoms with Gasteiger partial charge in [-0.15, -0.1) is 0 Å². The van der Waals surface area contributed by atoms with Crippen molar-refractivity contribution in [2.24, 2.45) is 0 Å². The fourth-order valence-corrected chi connectivity index (χ4v) is 4.37. The number of hydrogen-bond donors (Lipinski definition) is 2. The number of aromatic hydroxyl groups is 1. The Morgan fingerprint density at radius 3 is 2.71 bits per heavy atom. The van der Waals surface area contributed by atoms with E-state index in [4.69, 9.17) is 5.11 Å². The highest BCUT2D eigenvalue weighted by Crippen LogP contribution is 2.24. The summed E-state index contributed by atoms with van der Waals surface area (Å²) in [5, 5.41) is 18.9. The first-order valence-electron chi connectivity index (χ1n) is 6.71. The van der Waals surface area contributed by atoms with Crippen molar-refractivity contribution in [2.75, 3.05) is 18.1 Å². The molecule has 2 N–H and O–H groups in total. The van der Waals surface area contributed by atoms with Crippen LogP contribution < -0.4 is 0 Å². The van der Waals surface area contributed by atoms with Crippen molar-refractivity contribution in [3.8, 4) is 5.75 Å². The lowest BCUT2D eigenvalue weighted by molar-refractivity contribution is -0.139. The van der Waals surface area contributed by atoms with E-state index in [9.17, 15) is 18.3 Å². The van der Waals surface area contributed by atoms with Crippen molar-refractivity contribution >= 4 is 15.8 Å². The number of sulfone groups is 1. The van der Waals surface area contributed by atoms with E-state index in [-0.39, 0.29) is 36.4 Å². The second-order valence-electron chi connectivity index (χ2n) is 5.49. The number of benzene rings is 1. The number of hydrogen-bond acceptors (Lipinski definition) is 5. The normalized spacial score (nSPS) is 20.8. The molecule has 0 bridgehead atoms. The molecule has 0 amide bonds. The molecule has 1 aliphatic rings. The van der Waals surface area contributed by atoms with Gasteiger partial charge in [0, 0.05) is 18.2 Å². The fourth-order valence-electron chi connectivity index (χ4n) is 2.61. The molecule has 6 nitrogen and oxygen atoms in total. The first kappa shape index (κ1) is 15.8. The molecule has 21 heavy (non-hydrogen) atoms. The number of carboxylic acids is 1. The molecular weight excluding hydrogens is 294 g/mol. The molecule has 1 aromatic carbocycles. The van der Waals surface area contributed by atoms with E-state index in [0.29, 0.717) is 12.0 Å². The Morgan fingerprint density at radius 2 is 2.14 bits per heavy atom. The predicted octanol–water partition coefficient (Wildman–Crippen LogP) is 0.774. The molecule has 0 aliphatic carbocycles. The van der Waals surface area contributed by atoms with Gasteiger partial charge in [0.15, 0.2) is 9.84 Å². The van der Waals surface area contributed by atoms with Gasteiger partial charge < -0.3 is 10.2 Å². The molecule has 0 radical (unpaired) electrons. The van der Waals surface area contributed by atoms with Crippen LogP contribution in [0.3, 0.4) is 0 Å². The van der Waals surface area contributed by atoms with Crippen LogP contribution in [0.2, 0.25) is 0 Å². The van der Waals surface area contributed by atoms with Gasteiger partial charge in [-0.25, -0.2) is 8.42 Å². The maximum absolute atomic E-state index is 11.6. The van der Waals surface area contributed by atoms with Gasteiger partial charge in [-0.1, -0.05) is 17.7 Å². The van der Waals surface area contributed by atoms with E-state index in [1.807, 2.05) is 6.92 Å². The van der Waals surface area contributed by atoms with Crippen LogP contribution in [-0.4, -0.2) is 53.6 Å². The lowest BCUT2D eigenvalue weighted by atomic mass is 10.1. The smallest absolute Gasteiger partial charge is 0.317 e. The number of nitrogens with zero attached hydrogens (tertiary/aromatic N) is 1. The highest BCUT2D eigenvalue weighted by atomic mass is 32.2. The molecule has 0 saturated carbocycles. The minimum Gasteiger partial charge on any atom is -0.508 e. The summed E-state index contributed by atoms with van der Waals surface area (Å²) in [5.74, 6) is -0.844. The lowest BCUT2D eigenvalue weighted by Crippen LogP contribution is -2.39. The number of rotatable bonds is 5. The molecule has 2 rings (SSSR count). The molecule has 0 spiro atoms. The quantitative estimate of drug-likeness (QED) is 0.834. The van der Waals surface area contributed by atoms with E-state index in [2.05, 4.69) is 0 Å². The van der Waals surface area contributed by atoms with Crippen molar-refractivity contribution < 1.29 is 23.4 Å². The van der Waals surface area contributed by atoms with Crippen molar-refractivity contribution in [3.63, 3.8) is 0 Å². The molecule has 1 unspecified atom stereocenters. The van der Waals surface area contributed by atoms with Crippen LogP contribution in [0.1, 0.15) is 17.5 Å². The molecule has 1 aromatic rings. The second kappa shape index (κ2) is 6.03. The number of aryl methyl sites for hydroxylation is 1. The molecule has 7 heteroatoms. The average Bonchev–Trinajstić information content (AvgIpc) is 2.73. The molecule has 1 aliphatic heterocycles. The maximum Gasteiger partial charge on any atom is 0.317 e. The van der Waals surface area contributed by atoms with E-state index in [1.165, 1.54) is 0 Å². The highest BCUT2D eigenvalue weighted by molar-refractivity contribution is 7.91. The molecule has 0 aromatic heterocycles. The number of aliphatic carboxylic acids is 1. The zero-order valence-electron chi connectivity index (χ0n) is 11.8. The minimum atomic E-state index is -3.08. The summed E-state index contributed by atoms with van der Waals surface area (Å²) in [6.07, 6.45) is 0.433. The van der Waals surface area contributed by atoms with Crippen molar-refractivity contribution in [2.45, 2.75) is 25.9 Å². The Balaban J connectivity index is 2.20. The van der Waals surface area contributed by atoms with Gasteiger partial charge in [-0.3, -0.25) is 9.69 Å². The predicted molar refractivity (Wildman–Crippen MR) is 77.9 cm³/mol. The van der Waals surface area contributed by atoms with Crippen molar-refractivity contribution in [1.29, 1.82) is 0 Å². The van der Waals surface area contributed by atoms with Crippen LogP contribution in [0.4, 0.5) is 0 Å². The highest BCUT2D eigenvalue weighted by Gasteiger charge is 2.33. The van der Waals surface area contributed by atoms with Gasteiger partial charge in [-0.2, -0.15) is 0 Å². The summed E-state index contributed by atoms with van der Waals surface area (Å²) in [6, 6.07) is 4.80. The number of carboxylic acid groups (broad SMARTS) is 1. The summed E-state index contributed by atoms with van der Waals surface area (Å²) in [4.78, 5) is 12.6. The zero-order chi connectivity index (χ0) is 15.6. The number of phenolic OH excluding ortho intramolecular Hbond substituents is 1. The van der Waals surface area contributed by atoms with Gasteiger partial charge in [-0.05, 0) is 19.4 Å². The summed E-state index contributed by atoms with van der Waals surface area (Å²) in [6.45, 7) is 1.86. The SMILES string of the molecule is Cc1ccc(O)c(CN(CC(=O)O)C2CCS(=O)(=O)C2)c1. The van der Waals surface area contributed by atoms with Crippen LogP contribution in [0.25, 0.3) is 0 Å². The topological polar surface area (TPSA) is 94.9 Å². The summed E-state index contributed by atoms with van der Waals surface area (Å²) < 4.78 is 23.2. The Morgan fingerprint density at radius 1 is 1.43 bits per heavy atom. The summed E-state index contributed by atoms with van der Waals surface area (Å²) in [7, 11) is -3.08. The third kappa shape index (κ3) is 4.18. The maximum atomic E-state index is 11.6. The van der Waals surface area contributed by atoms with Crippen LogP contribution in [-0.2, 0) is 21.2 Å². The summed E-state index contributed by atoms with van der Waals surface area (Å²) >= 11 is 0. The van der Waals surface area contributed by atoms with Crippen molar-refractivity contribution in [3.05, 3.63) is 29.3 Å². The van der Waals surface area contributed by atoms with Crippen LogP contribution >= 0.6 is 0 Å². The van der Waals surface area contributed by atoms with E-state index in [0.717, 1.165) is 5.56 Å². The van der Waals surface area contributed by atoms with Gasteiger partial charge in [0.05, 0.1) is 18.1 Å². The monoisotopic (exact) mass is 313 g/mol. The van der Waals surface area contributed by atoms with Gasteiger partial charge in [0.2, 0.25) is 0 Å². The molecule has 1 atom stereocenters. The molecular formula is C14H19NO5S. The largest absolute Gasteiger partial charge is 0.508 e. The van der Waals surface area contributed by atoms with Gasteiger partial charge >= 0.3 is 5.97 Å². The second-order valence-corrected chi connectivity index (χ2v) is 7.72. The Hall–Kier alpha value is -1.60. The third-order valence-corrected chi connectivity index (χ3v) is 5.42. The Bertz CT molecular complexity index is 641. The van der Waals surface area contributed by atoms with Gasteiger partial charge in [0.25, 0.3) is 0 Å². The van der Waals surface area contributed by atoms with Crippen LogP contribution in [0.5, 0.6) is 5.75 Å². The Labute approximate surface area is 123 Å². The minimum absolute atomic E-state index is 0.0210. The van der Waals surface area contributed by atoms with Gasteiger partial charge in [0.1, 0.15) is 5.75 Å².